The Morgan fingerprint density at radius 2 is 1.31 bits per heavy atom. The molecule has 0 atom stereocenters. The standard InChI is InChI=1S/C22H31NO3/c1-2-3-16-19-22(23(25)26)20-17-14-12-10-8-6-4-5-7-9-11-13-15-18-21-24/h3,5-8,11-14,16,20-21H,2,4,9-10,15,17-19H2,1H3/b7-5-,8-6-,13-11-,14-12-,16-3-,22-20+. The van der Waals surface area contributed by atoms with Crippen molar-refractivity contribution in [1.82, 2.24) is 0 Å². The van der Waals surface area contributed by atoms with Crippen molar-refractivity contribution in [2.24, 2.45) is 0 Å². The predicted octanol–water partition coefficient (Wildman–Crippen LogP) is 6.27. The molecule has 26 heavy (non-hydrogen) atoms. The van der Waals surface area contributed by atoms with E-state index in [2.05, 4.69) is 30.4 Å². The highest BCUT2D eigenvalue weighted by Crippen LogP contribution is 2.06. The van der Waals surface area contributed by atoms with E-state index in [1.807, 2.05) is 37.3 Å². The van der Waals surface area contributed by atoms with Gasteiger partial charge in [-0.3, -0.25) is 10.1 Å². The Balaban J connectivity index is 3.90. The van der Waals surface area contributed by atoms with E-state index in [4.69, 9.17) is 0 Å². The molecule has 0 rings (SSSR count). The lowest BCUT2D eigenvalue weighted by atomic mass is 10.2. The fraction of sp³-hybridized carbons (Fsp3) is 0.409. The van der Waals surface area contributed by atoms with Crippen LogP contribution in [0.2, 0.25) is 0 Å². The van der Waals surface area contributed by atoms with Crippen LogP contribution >= 0.6 is 0 Å². The van der Waals surface area contributed by atoms with Crippen LogP contribution < -0.4 is 0 Å². The Kier molecular flexibility index (Phi) is 17.0. The van der Waals surface area contributed by atoms with Crippen LogP contribution in [0.1, 0.15) is 58.3 Å². The highest BCUT2D eigenvalue weighted by molar-refractivity contribution is 5.49. The number of aldehydes is 1. The van der Waals surface area contributed by atoms with Gasteiger partial charge in [-0.15, -0.1) is 0 Å². The van der Waals surface area contributed by atoms with Gasteiger partial charge < -0.3 is 4.79 Å². The van der Waals surface area contributed by atoms with Crippen LogP contribution in [-0.4, -0.2) is 11.2 Å². The quantitative estimate of drug-likeness (QED) is 0.114. The van der Waals surface area contributed by atoms with Crippen LogP contribution in [0.3, 0.4) is 0 Å². The van der Waals surface area contributed by atoms with Crippen molar-refractivity contribution in [1.29, 1.82) is 0 Å². The number of nitrogens with zero attached hydrogens (tertiary/aromatic N) is 1. The van der Waals surface area contributed by atoms with Crippen molar-refractivity contribution in [3.8, 4) is 0 Å². The summed E-state index contributed by atoms with van der Waals surface area (Å²) in [5.74, 6) is 0. The number of hydrogen-bond donors (Lipinski definition) is 0. The van der Waals surface area contributed by atoms with Crippen molar-refractivity contribution >= 4 is 6.29 Å². The average Bonchev–Trinajstić information content (AvgIpc) is 2.63. The third-order valence-electron chi connectivity index (χ3n) is 3.39. The highest BCUT2D eigenvalue weighted by atomic mass is 16.6. The molecule has 4 nitrogen and oxygen atoms in total. The number of carbonyl (C=O) groups is 1. The molecule has 0 saturated carbocycles. The van der Waals surface area contributed by atoms with Crippen LogP contribution in [0.15, 0.2) is 72.5 Å². The average molecular weight is 357 g/mol. The summed E-state index contributed by atoms with van der Waals surface area (Å²) in [7, 11) is 0. The third kappa shape index (κ3) is 16.4. The molecule has 0 radical (unpaired) electrons. The highest BCUT2D eigenvalue weighted by Gasteiger charge is 2.05. The lowest BCUT2D eigenvalue weighted by molar-refractivity contribution is -0.427. The second-order valence-corrected chi connectivity index (χ2v) is 5.61. The van der Waals surface area contributed by atoms with Crippen molar-refractivity contribution < 1.29 is 9.72 Å². The van der Waals surface area contributed by atoms with E-state index in [-0.39, 0.29) is 10.6 Å². The monoisotopic (exact) mass is 357 g/mol. The van der Waals surface area contributed by atoms with Crippen molar-refractivity contribution in [2.45, 2.75) is 58.3 Å². The summed E-state index contributed by atoms with van der Waals surface area (Å²) in [4.78, 5) is 20.7. The molecule has 0 aliphatic carbocycles. The molecule has 0 unspecified atom stereocenters. The van der Waals surface area contributed by atoms with Gasteiger partial charge in [0.15, 0.2) is 0 Å². The zero-order chi connectivity index (χ0) is 19.3. The fourth-order valence-electron chi connectivity index (χ4n) is 2.00. The molecular formula is C22H31NO3. The minimum atomic E-state index is -0.308. The number of unbranched alkanes of at least 4 members (excludes halogenated alkanes) is 1. The number of rotatable bonds is 15. The van der Waals surface area contributed by atoms with Gasteiger partial charge in [0.2, 0.25) is 5.70 Å². The van der Waals surface area contributed by atoms with Crippen LogP contribution in [0.4, 0.5) is 0 Å². The number of allylic oxidation sites excluding steroid dienone is 11. The van der Waals surface area contributed by atoms with Gasteiger partial charge in [-0.05, 0) is 44.6 Å². The van der Waals surface area contributed by atoms with Gasteiger partial charge in [-0.25, -0.2) is 0 Å². The Bertz CT molecular complexity index is 552. The minimum Gasteiger partial charge on any atom is -0.303 e. The molecule has 0 saturated heterocycles. The van der Waals surface area contributed by atoms with Crippen molar-refractivity contribution in [3.05, 3.63) is 82.6 Å². The number of carbonyl (C=O) groups excluding carboxylic acids is 1. The first-order chi connectivity index (χ1) is 12.7. The molecule has 0 heterocycles. The second kappa shape index (κ2) is 18.8. The molecule has 0 aliphatic rings. The van der Waals surface area contributed by atoms with E-state index in [9.17, 15) is 14.9 Å². The molecule has 0 aromatic carbocycles. The SMILES string of the molecule is CC/C=C\C/C(=C\C/C=C\C/C=C\C/C=C\C/C=C\CCC=O)[N+](=O)[O-]. The Morgan fingerprint density at radius 3 is 1.81 bits per heavy atom. The van der Waals surface area contributed by atoms with E-state index < -0.39 is 0 Å². The molecule has 0 amide bonds. The topological polar surface area (TPSA) is 60.2 Å². The lowest BCUT2D eigenvalue weighted by Crippen LogP contribution is -1.97. The van der Waals surface area contributed by atoms with E-state index in [1.54, 1.807) is 6.08 Å². The van der Waals surface area contributed by atoms with Gasteiger partial charge in [-0.2, -0.15) is 0 Å². The second-order valence-electron chi connectivity index (χ2n) is 5.61. The van der Waals surface area contributed by atoms with Crippen LogP contribution in [0.5, 0.6) is 0 Å². The first-order valence-electron chi connectivity index (χ1n) is 9.24. The summed E-state index contributed by atoms with van der Waals surface area (Å²) < 4.78 is 0. The molecule has 142 valence electrons. The number of nitro groups is 1. The maximum Gasteiger partial charge on any atom is 0.246 e. The van der Waals surface area contributed by atoms with Crippen molar-refractivity contribution in [3.63, 3.8) is 0 Å². The zero-order valence-electron chi connectivity index (χ0n) is 15.8. The van der Waals surface area contributed by atoms with Gasteiger partial charge in [0.25, 0.3) is 0 Å². The van der Waals surface area contributed by atoms with Gasteiger partial charge in [0, 0.05) is 6.42 Å². The Morgan fingerprint density at radius 1 is 0.769 bits per heavy atom. The van der Waals surface area contributed by atoms with E-state index >= 15 is 0 Å². The maximum absolute atomic E-state index is 10.9. The van der Waals surface area contributed by atoms with Crippen LogP contribution in [0, 0.1) is 10.1 Å². The Labute approximate surface area is 157 Å². The maximum atomic E-state index is 10.9. The first-order valence-corrected chi connectivity index (χ1v) is 9.24. The predicted molar refractivity (Wildman–Crippen MR) is 109 cm³/mol. The van der Waals surface area contributed by atoms with Crippen LogP contribution in [0.25, 0.3) is 0 Å². The molecule has 0 aliphatic heterocycles. The molecule has 0 spiro atoms. The number of hydrogen-bond acceptors (Lipinski definition) is 3. The zero-order valence-corrected chi connectivity index (χ0v) is 15.8. The molecule has 0 aromatic heterocycles. The third-order valence-corrected chi connectivity index (χ3v) is 3.39. The van der Waals surface area contributed by atoms with E-state index in [0.717, 1.165) is 38.4 Å². The fourth-order valence-corrected chi connectivity index (χ4v) is 2.00. The molecule has 0 fully saturated rings. The molecule has 0 N–H and O–H groups in total. The smallest absolute Gasteiger partial charge is 0.246 e. The molecular weight excluding hydrogens is 326 g/mol. The Hall–Kier alpha value is -2.49. The summed E-state index contributed by atoms with van der Waals surface area (Å²) in [6.07, 6.45) is 28.7. The first kappa shape index (κ1) is 23.5. The summed E-state index contributed by atoms with van der Waals surface area (Å²) in [6, 6.07) is 0. The van der Waals surface area contributed by atoms with Gasteiger partial charge in [-0.1, -0.05) is 67.7 Å². The normalized spacial score (nSPS) is 13.2. The van der Waals surface area contributed by atoms with E-state index in [1.165, 1.54) is 0 Å². The molecule has 0 aromatic rings. The van der Waals surface area contributed by atoms with E-state index in [0.29, 0.717) is 19.3 Å². The van der Waals surface area contributed by atoms with Crippen LogP contribution in [-0.2, 0) is 4.79 Å². The molecule has 4 heteroatoms. The lowest BCUT2D eigenvalue weighted by Gasteiger charge is -1.93. The molecule has 0 bridgehead atoms. The summed E-state index contributed by atoms with van der Waals surface area (Å²) >= 11 is 0. The minimum absolute atomic E-state index is 0.250. The van der Waals surface area contributed by atoms with Gasteiger partial charge in [0.05, 0.1) is 11.3 Å². The van der Waals surface area contributed by atoms with Gasteiger partial charge >= 0.3 is 0 Å². The summed E-state index contributed by atoms with van der Waals surface area (Å²) in [5.41, 5.74) is 0.250. The largest absolute Gasteiger partial charge is 0.303 e. The van der Waals surface area contributed by atoms with Gasteiger partial charge in [0.1, 0.15) is 6.29 Å². The summed E-state index contributed by atoms with van der Waals surface area (Å²) in [5, 5.41) is 10.9. The van der Waals surface area contributed by atoms with Crippen molar-refractivity contribution in [2.75, 3.05) is 0 Å². The summed E-state index contributed by atoms with van der Waals surface area (Å²) in [6.45, 7) is 2.01.